The molecule has 3 saturated heterocycles. The van der Waals surface area contributed by atoms with Gasteiger partial charge in [-0.05, 0) is 13.8 Å². The van der Waals surface area contributed by atoms with Crippen molar-refractivity contribution < 1.29 is 60.4 Å². The van der Waals surface area contributed by atoms with Crippen molar-refractivity contribution in [1.82, 2.24) is 10.2 Å². The Morgan fingerprint density at radius 2 is 1.67 bits per heavy atom. The van der Waals surface area contributed by atoms with E-state index < -0.39 is 91.9 Å². The average Bonchev–Trinajstić information content (AvgIpc) is 3.29. The lowest BCUT2D eigenvalue weighted by Gasteiger charge is -2.29. The summed E-state index contributed by atoms with van der Waals surface area (Å²) in [5.74, 6) is -14.1. The topological polar surface area (TPSA) is 151 Å². The van der Waals surface area contributed by atoms with Gasteiger partial charge in [-0.2, -0.15) is 53.3 Å². The molecule has 0 unspecified atom stereocenters. The van der Waals surface area contributed by atoms with E-state index in [1.54, 1.807) is 13.8 Å². The molecule has 3 aliphatic heterocycles. The van der Waals surface area contributed by atoms with Crippen LogP contribution in [0.1, 0.15) is 48.0 Å². The van der Waals surface area contributed by atoms with Crippen molar-refractivity contribution in [3.8, 4) is 0 Å². The molecule has 10 nitrogen and oxygen atoms in total. The summed E-state index contributed by atoms with van der Waals surface area (Å²) in [4.78, 5) is 33.0. The van der Waals surface area contributed by atoms with Gasteiger partial charge < -0.3 is 35.6 Å². The molecule has 18 heteroatoms. The van der Waals surface area contributed by atoms with Gasteiger partial charge in [0.05, 0.1) is 39.0 Å². The third kappa shape index (κ3) is 11.5. The van der Waals surface area contributed by atoms with Gasteiger partial charge in [0, 0.05) is 25.3 Å². The molecule has 39 heavy (non-hydrogen) atoms. The standard InChI is InChI=1S/C8H11F2NO2.C6H11F2NO3.C5H7F2NO2.2CH4.2H2S/c1-7(2)11-5(4-13-7)3-8(9,10)6(11)12;1-12-5(11)6(7,8)2-4(9)3-10;6-5(7)1-3(2-9)8-4(5)10;;;;/h5H,3-4H2,1-2H3;4,10H,2-3,9H2,1H3;3,9H,1-2H2,(H,8,10);2*1H4;2*1H2/t5-;4-;3-;;;;/m000..../s1. The maximum absolute atomic E-state index is 13.0. The summed E-state index contributed by atoms with van der Waals surface area (Å²) >= 11 is 0. The smallest absolute Gasteiger partial charge is 0.376 e. The minimum absolute atomic E-state index is 0. The molecular formula is C21H41F6N3O7S2. The number of hydrogen-bond donors (Lipinski definition) is 4. The number of nitrogens with one attached hydrogen (secondary N) is 1. The van der Waals surface area contributed by atoms with Gasteiger partial charge in [-0.3, -0.25) is 9.59 Å². The second kappa shape index (κ2) is 16.7. The Bertz CT molecular complexity index is 797. The van der Waals surface area contributed by atoms with E-state index in [4.69, 9.17) is 20.7 Å². The summed E-state index contributed by atoms with van der Waals surface area (Å²) in [5, 5.41) is 18.7. The zero-order valence-electron chi connectivity index (χ0n) is 20.2. The maximum Gasteiger partial charge on any atom is 0.376 e. The third-order valence-corrected chi connectivity index (χ3v) is 5.23. The van der Waals surface area contributed by atoms with Gasteiger partial charge in [-0.1, -0.05) is 14.9 Å². The number of carbonyl (C=O) groups is 3. The van der Waals surface area contributed by atoms with Gasteiger partial charge in [0.1, 0.15) is 5.72 Å². The van der Waals surface area contributed by atoms with Gasteiger partial charge in [0.2, 0.25) is 0 Å². The van der Waals surface area contributed by atoms with Crippen LogP contribution in [0.15, 0.2) is 0 Å². The van der Waals surface area contributed by atoms with E-state index in [-0.39, 0.29) is 48.5 Å². The summed E-state index contributed by atoms with van der Waals surface area (Å²) in [6.07, 6.45) is -1.91. The van der Waals surface area contributed by atoms with Gasteiger partial charge in [0.15, 0.2) is 0 Å². The highest BCUT2D eigenvalue weighted by Crippen LogP contribution is 2.42. The van der Waals surface area contributed by atoms with Crippen molar-refractivity contribution in [2.45, 2.75) is 89.6 Å². The molecular weight excluding hydrogens is 584 g/mol. The number of methoxy groups -OCH3 is 1. The fourth-order valence-electron chi connectivity index (χ4n) is 3.48. The molecule has 0 radical (unpaired) electrons. The van der Waals surface area contributed by atoms with Crippen LogP contribution in [0.25, 0.3) is 0 Å². The first-order chi connectivity index (χ1) is 15.8. The number of esters is 1. The number of amides is 2. The maximum atomic E-state index is 13.0. The summed E-state index contributed by atoms with van der Waals surface area (Å²) in [5.41, 5.74) is 4.14. The molecule has 3 heterocycles. The lowest BCUT2D eigenvalue weighted by Crippen LogP contribution is -2.46. The number of nitrogens with zero attached hydrogens (tertiary/aromatic N) is 1. The predicted molar refractivity (Wildman–Crippen MR) is 140 cm³/mol. The van der Waals surface area contributed by atoms with Crippen LogP contribution in [0.2, 0.25) is 0 Å². The van der Waals surface area contributed by atoms with Gasteiger partial charge in [-0.15, -0.1) is 0 Å². The van der Waals surface area contributed by atoms with Crippen molar-refractivity contribution in [3.05, 3.63) is 0 Å². The summed E-state index contributed by atoms with van der Waals surface area (Å²) in [6, 6.07) is -2.33. The number of hydrogen-bond acceptors (Lipinski definition) is 8. The Morgan fingerprint density at radius 1 is 1.15 bits per heavy atom. The number of rotatable bonds is 5. The number of ether oxygens (including phenoxy) is 2. The van der Waals surface area contributed by atoms with E-state index in [0.717, 1.165) is 12.0 Å². The first kappa shape index (κ1) is 44.5. The highest BCUT2D eigenvalue weighted by molar-refractivity contribution is 7.59. The number of aliphatic hydroxyl groups excluding tert-OH is 2. The van der Waals surface area contributed by atoms with Gasteiger partial charge in [-0.25, -0.2) is 4.79 Å². The minimum atomic E-state index is -3.61. The Kier molecular flexibility index (Phi) is 19.1. The molecule has 0 saturated carbocycles. The Morgan fingerprint density at radius 3 is 2.00 bits per heavy atom. The minimum Gasteiger partial charge on any atom is -0.465 e. The van der Waals surface area contributed by atoms with Crippen LogP contribution < -0.4 is 11.1 Å². The molecule has 3 rings (SSSR count). The quantitative estimate of drug-likeness (QED) is 0.265. The summed E-state index contributed by atoms with van der Waals surface area (Å²) in [7, 11) is 0.862. The second-order valence-corrected chi connectivity index (χ2v) is 8.60. The fraction of sp³-hybridized carbons (Fsp3) is 0.857. The Balaban J connectivity index is -0.000000226. The average molecular weight is 626 g/mol. The number of fused-ring (bicyclic) bond motifs is 1. The van der Waals surface area contributed by atoms with Crippen LogP contribution in [0.3, 0.4) is 0 Å². The summed E-state index contributed by atoms with van der Waals surface area (Å²) in [6.45, 7) is 2.46. The van der Waals surface area contributed by atoms with E-state index >= 15 is 0 Å². The molecule has 0 aromatic heterocycles. The Hall–Kier alpha value is -1.47. The van der Waals surface area contributed by atoms with Crippen molar-refractivity contribution in [3.63, 3.8) is 0 Å². The highest BCUT2D eigenvalue weighted by Gasteiger charge is 2.60. The molecule has 5 N–H and O–H groups in total. The van der Waals surface area contributed by atoms with Crippen LogP contribution in [0.4, 0.5) is 26.3 Å². The van der Waals surface area contributed by atoms with E-state index in [0.29, 0.717) is 0 Å². The van der Waals surface area contributed by atoms with E-state index in [1.165, 1.54) is 0 Å². The number of aliphatic hydroxyl groups is 2. The monoisotopic (exact) mass is 625 g/mol. The van der Waals surface area contributed by atoms with Crippen LogP contribution in [0.5, 0.6) is 0 Å². The largest absolute Gasteiger partial charge is 0.465 e. The number of carbonyl (C=O) groups excluding carboxylic acids is 3. The van der Waals surface area contributed by atoms with E-state index in [2.05, 4.69) is 4.74 Å². The van der Waals surface area contributed by atoms with Crippen molar-refractivity contribution in [2.24, 2.45) is 5.73 Å². The third-order valence-electron chi connectivity index (χ3n) is 5.23. The molecule has 0 aliphatic carbocycles. The van der Waals surface area contributed by atoms with E-state index in [1.807, 2.05) is 5.32 Å². The molecule has 3 atom stereocenters. The first-order valence-electron chi connectivity index (χ1n) is 10.3. The molecule has 0 bridgehead atoms. The fourth-order valence-corrected chi connectivity index (χ4v) is 3.48. The second-order valence-electron chi connectivity index (χ2n) is 8.60. The normalized spacial score (nSPS) is 23.8. The van der Waals surface area contributed by atoms with Crippen LogP contribution in [-0.2, 0) is 23.9 Å². The molecule has 3 fully saturated rings. The first-order valence-corrected chi connectivity index (χ1v) is 10.3. The number of alkyl halides is 6. The SMILES string of the molecule is C.C.CC1(C)OC[C@@H]2CC(F)(F)C(=O)N21.COC(=O)C(F)(F)C[C@H](N)CO.O=C1N[C@H](CO)CC1(F)F.S.S. The van der Waals surface area contributed by atoms with Crippen molar-refractivity contribution in [1.29, 1.82) is 0 Å². The van der Waals surface area contributed by atoms with Crippen LogP contribution in [-0.4, -0.2) is 101 Å². The molecule has 3 aliphatic rings. The molecule has 0 spiro atoms. The molecule has 0 aromatic rings. The lowest BCUT2D eigenvalue weighted by molar-refractivity contribution is -0.170. The van der Waals surface area contributed by atoms with Crippen molar-refractivity contribution in [2.75, 3.05) is 26.9 Å². The van der Waals surface area contributed by atoms with Crippen molar-refractivity contribution >= 4 is 44.8 Å². The van der Waals surface area contributed by atoms with Crippen LogP contribution >= 0.6 is 27.0 Å². The highest BCUT2D eigenvalue weighted by atomic mass is 32.1. The molecule has 2 amide bonds. The molecule has 236 valence electrons. The van der Waals surface area contributed by atoms with E-state index in [9.17, 15) is 40.7 Å². The molecule has 0 aromatic carbocycles. The van der Waals surface area contributed by atoms with Gasteiger partial charge in [0.25, 0.3) is 11.8 Å². The lowest BCUT2D eigenvalue weighted by atomic mass is 10.1. The van der Waals surface area contributed by atoms with Gasteiger partial charge >= 0.3 is 23.7 Å². The predicted octanol–water partition coefficient (Wildman–Crippen LogP) is 1.49. The Labute approximate surface area is 237 Å². The number of halogens is 6. The zero-order chi connectivity index (χ0) is 27.4. The summed E-state index contributed by atoms with van der Waals surface area (Å²) < 4.78 is 84.7. The van der Waals surface area contributed by atoms with Crippen LogP contribution in [0, 0.1) is 0 Å². The zero-order valence-corrected chi connectivity index (χ0v) is 22.2. The number of nitrogens with two attached hydrogens (primary N) is 1.